The van der Waals surface area contributed by atoms with Crippen LogP contribution in [0.4, 0.5) is 4.39 Å². The number of nitriles is 1. The summed E-state index contributed by atoms with van der Waals surface area (Å²) in [6.07, 6.45) is 5.08. The Morgan fingerprint density at radius 3 is 2.76 bits per heavy atom. The van der Waals surface area contributed by atoms with E-state index in [2.05, 4.69) is 5.32 Å². The summed E-state index contributed by atoms with van der Waals surface area (Å²) in [5, 5.41) is 13.0. The zero-order chi connectivity index (χ0) is 19.0. The minimum Gasteiger partial charge on any atom is -0.382 e. The van der Waals surface area contributed by atoms with Crippen molar-refractivity contribution in [1.29, 1.82) is 5.26 Å². The summed E-state index contributed by atoms with van der Waals surface area (Å²) in [6.45, 7) is 1.06. The molecule has 0 aliphatic carbocycles. The topological polar surface area (TPSA) is 78.1 Å². The molecule has 0 bridgehead atoms. The van der Waals surface area contributed by atoms with Gasteiger partial charge >= 0.3 is 0 Å². The first-order chi connectivity index (χ1) is 11.9. The zero-order valence-electron chi connectivity index (χ0n) is 14.0. The summed E-state index contributed by atoms with van der Waals surface area (Å²) >= 11 is 2.01. The number of nitrogens with zero attached hydrogens (tertiary/aromatic N) is 3. The molecule has 1 atom stereocenters. The number of hydrogen-bond donors (Lipinski definition) is 1. The number of nitrogens with one attached hydrogen (secondary N) is 1. The Labute approximate surface area is 161 Å². The Morgan fingerprint density at radius 1 is 1.60 bits per heavy atom. The van der Waals surface area contributed by atoms with Gasteiger partial charge in [0.1, 0.15) is 24.0 Å². The van der Waals surface area contributed by atoms with Crippen LogP contribution in [-0.2, 0) is 4.79 Å². The number of amides is 1. The lowest BCUT2D eigenvalue weighted by Gasteiger charge is -2.08. The van der Waals surface area contributed by atoms with E-state index < -0.39 is 12.5 Å². The first-order valence-corrected chi connectivity index (χ1v) is 10.5. The van der Waals surface area contributed by atoms with Crippen LogP contribution in [0.2, 0.25) is 0 Å². The predicted octanol–water partition coefficient (Wildman–Crippen LogP) is 1.15. The maximum atomic E-state index is 12.9. The molecule has 1 N–H and O–H groups in total. The van der Waals surface area contributed by atoms with E-state index in [1.807, 2.05) is 27.3 Å². The third kappa shape index (κ3) is 5.61. The van der Waals surface area contributed by atoms with Crippen molar-refractivity contribution >= 4 is 54.7 Å². The van der Waals surface area contributed by atoms with Crippen molar-refractivity contribution in [1.82, 2.24) is 14.2 Å². The molecule has 0 radical (unpaired) electrons. The van der Waals surface area contributed by atoms with Crippen molar-refractivity contribution in [2.24, 2.45) is 0 Å². The van der Waals surface area contributed by atoms with Crippen molar-refractivity contribution < 1.29 is 14.0 Å². The minimum absolute atomic E-state index is 0.0217. The molecule has 0 aliphatic rings. The number of halogens is 2. The molecule has 0 aliphatic heterocycles. The highest BCUT2D eigenvalue weighted by atomic mass is 127. The van der Waals surface area contributed by atoms with E-state index >= 15 is 0 Å². The quantitative estimate of drug-likeness (QED) is 0.200. The number of ketones is 1. The number of alkyl halides is 1. The molecular weight excluding hydrogens is 458 g/mol. The van der Waals surface area contributed by atoms with Crippen molar-refractivity contribution in [3.05, 3.63) is 34.1 Å². The van der Waals surface area contributed by atoms with Gasteiger partial charge in [-0.2, -0.15) is 5.26 Å². The van der Waals surface area contributed by atoms with Gasteiger partial charge in [-0.15, -0.1) is 0 Å². The van der Waals surface area contributed by atoms with Gasteiger partial charge in [0.25, 0.3) is 0 Å². The molecule has 0 saturated heterocycles. The molecule has 1 heterocycles. The number of carbonyl (C=O) groups excluding carboxylic acids is 2. The maximum Gasteiger partial charge on any atom is 0.222 e. The number of hydrogen-bond acceptors (Lipinski definition) is 5. The van der Waals surface area contributed by atoms with Crippen LogP contribution >= 0.6 is 30.3 Å². The van der Waals surface area contributed by atoms with E-state index in [0.717, 1.165) is 0 Å². The van der Waals surface area contributed by atoms with E-state index in [1.54, 1.807) is 42.0 Å². The number of aromatic nitrogens is 1. The molecule has 6 nitrogen and oxygen atoms in total. The average molecular weight is 476 g/mol. The SMILES string of the molecule is CC(/C=c1\c(=C/CF)cc(C(=O)/C(C#N)=C/N(C)C)n1SI)NC=O. The van der Waals surface area contributed by atoms with Crippen LogP contribution in [-0.4, -0.2) is 47.9 Å². The number of Topliss-reactive ketones (excluding diaryl/α,β-unsaturated/α-hetero) is 1. The molecule has 1 unspecified atom stereocenters. The first kappa shape index (κ1) is 21.2. The molecule has 0 fully saturated rings. The summed E-state index contributed by atoms with van der Waals surface area (Å²) < 4.78 is 14.5. The summed E-state index contributed by atoms with van der Waals surface area (Å²) in [4.78, 5) is 24.9. The monoisotopic (exact) mass is 476 g/mol. The fraction of sp³-hybridized carbons (Fsp3) is 0.312. The summed E-state index contributed by atoms with van der Waals surface area (Å²) in [6, 6.07) is 3.14. The lowest BCUT2D eigenvalue weighted by Crippen LogP contribution is -2.32. The van der Waals surface area contributed by atoms with Gasteiger partial charge in [0.15, 0.2) is 0 Å². The van der Waals surface area contributed by atoms with Gasteiger partial charge in [-0.25, -0.2) is 4.39 Å². The Morgan fingerprint density at radius 2 is 2.28 bits per heavy atom. The van der Waals surface area contributed by atoms with E-state index in [4.69, 9.17) is 0 Å². The first-order valence-electron chi connectivity index (χ1n) is 7.21. The van der Waals surface area contributed by atoms with Gasteiger partial charge in [0.05, 0.1) is 5.35 Å². The summed E-state index contributed by atoms with van der Waals surface area (Å²) in [5.41, 5.74) is 0.241. The summed E-state index contributed by atoms with van der Waals surface area (Å²) in [5.74, 6) is -0.454. The fourth-order valence-electron chi connectivity index (χ4n) is 2.10. The van der Waals surface area contributed by atoms with Crippen LogP contribution in [0.5, 0.6) is 0 Å². The molecular formula is C16H18FIN4O2S. The smallest absolute Gasteiger partial charge is 0.222 e. The molecule has 1 aromatic rings. The molecule has 0 saturated carbocycles. The number of rotatable bonds is 8. The van der Waals surface area contributed by atoms with Crippen LogP contribution in [0.3, 0.4) is 0 Å². The minimum atomic E-state index is -0.696. The van der Waals surface area contributed by atoms with Crippen LogP contribution < -0.4 is 15.9 Å². The fourth-order valence-corrected chi connectivity index (χ4v) is 3.82. The lowest BCUT2D eigenvalue weighted by atomic mass is 10.1. The second kappa shape index (κ2) is 10.2. The molecule has 25 heavy (non-hydrogen) atoms. The molecule has 0 aromatic carbocycles. The van der Waals surface area contributed by atoms with E-state index in [0.29, 0.717) is 17.0 Å². The van der Waals surface area contributed by atoms with Crippen LogP contribution in [0.1, 0.15) is 17.4 Å². The van der Waals surface area contributed by atoms with E-state index in [-0.39, 0.29) is 17.3 Å². The van der Waals surface area contributed by atoms with Crippen LogP contribution in [0.25, 0.3) is 12.2 Å². The van der Waals surface area contributed by atoms with Crippen molar-refractivity contribution in [2.45, 2.75) is 13.0 Å². The molecule has 0 spiro atoms. The molecule has 1 rings (SSSR count). The normalized spacial score (nSPS) is 14.2. The highest BCUT2D eigenvalue weighted by molar-refractivity contribution is 14.2. The zero-order valence-corrected chi connectivity index (χ0v) is 17.0. The molecule has 1 aromatic heterocycles. The van der Waals surface area contributed by atoms with Crippen molar-refractivity contribution in [3.63, 3.8) is 0 Å². The third-order valence-electron chi connectivity index (χ3n) is 3.12. The molecule has 9 heteroatoms. The van der Waals surface area contributed by atoms with Gasteiger partial charge in [-0.3, -0.25) is 13.6 Å². The lowest BCUT2D eigenvalue weighted by molar-refractivity contribution is -0.109. The molecule has 1 amide bonds. The highest BCUT2D eigenvalue weighted by Crippen LogP contribution is 2.17. The third-order valence-corrected chi connectivity index (χ3v) is 4.83. The number of allylic oxidation sites excluding steroid dienone is 1. The largest absolute Gasteiger partial charge is 0.382 e. The summed E-state index contributed by atoms with van der Waals surface area (Å²) in [7, 11) is 4.66. The highest BCUT2D eigenvalue weighted by Gasteiger charge is 2.19. The molecule has 134 valence electrons. The van der Waals surface area contributed by atoms with E-state index in [9.17, 15) is 19.2 Å². The Hall–Kier alpha value is -1.80. The van der Waals surface area contributed by atoms with Gasteiger partial charge in [-0.1, -0.05) is 0 Å². The van der Waals surface area contributed by atoms with Gasteiger partial charge < -0.3 is 10.2 Å². The predicted molar refractivity (Wildman–Crippen MR) is 106 cm³/mol. The van der Waals surface area contributed by atoms with E-state index in [1.165, 1.54) is 21.4 Å². The van der Waals surface area contributed by atoms with Crippen molar-refractivity contribution in [3.8, 4) is 6.07 Å². The maximum absolute atomic E-state index is 12.9. The van der Waals surface area contributed by atoms with Gasteiger partial charge in [0, 0.05) is 56.7 Å². The van der Waals surface area contributed by atoms with Gasteiger partial charge in [-0.05, 0) is 30.4 Å². The average Bonchev–Trinajstić information content (AvgIpc) is 2.89. The van der Waals surface area contributed by atoms with Crippen LogP contribution in [0, 0.1) is 11.3 Å². The second-order valence-corrected chi connectivity index (χ2v) is 6.96. The second-order valence-electron chi connectivity index (χ2n) is 5.28. The van der Waals surface area contributed by atoms with Crippen LogP contribution in [0.15, 0.2) is 17.8 Å². The number of carbonyl (C=O) groups is 2. The Bertz CT molecular complexity index is 826. The van der Waals surface area contributed by atoms with Crippen molar-refractivity contribution in [2.75, 3.05) is 20.8 Å². The Balaban J connectivity index is 3.65. The standard InChI is InChI=1S/C16H18FIN4O2S/c1-11(20-10-23)6-14-12(4-5-17)7-15(22(14)25-18)16(24)13(8-19)9-21(2)3/h4,6-7,9-11H,5H2,1-3H3,(H,20,23)/b12-4-,13-9+,14-6+. The van der Waals surface area contributed by atoms with Gasteiger partial charge in [0.2, 0.25) is 12.2 Å². The Kier molecular flexibility index (Phi) is 8.71.